The molecule has 3 atom stereocenters. The van der Waals surface area contributed by atoms with Crippen LogP contribution in [0, 0.1) is 5.92 Å². The van der Waals surface area contributed by atoms with E-state index in [9.17, 15) is 0 Å². The van der Waals surface area contributed by atoms with Crippen molar-refractivity contribution in [3.8, 4) is 0 Å². The van der Waals surface area contributed by atoms with Gasteiger partial charge in [-0.05, 0) is 52.1 Å². The number of hydrogen-bond acceptors (Lipinski definition) is 4. The van der Waals surface area contributed by atoms with E-state index in [0.717, 1.165) is 19.6 Å². The lowest BCUT2D eigenvalue weighted by molar-refractivity contribution is -0.00967. The third-order valence-corrected chi connectivity index (χ3v) is 5.06. The molecule has 2 aliphatic heterocycles. The first-order valence-corrected chi connectivity index (χ1v) is 7.51. The molecule has 0 aliphatic carbocycles. The van der Waals surface area contributed by atoms with Crippen molar-refractivity contribution in [3.05, 3.63) is 0 Å². The van der Waals surface area contributed by atoms with Gasteiger partial charge in [0.25, 0.3) is 0 Å². The van der Waals surface area contributed by atoms with Crippen molar-refractivity contribution >= 4 is 0 Å². The van der Waals surface area contributed by atoms with Gasteiger partial charge in [0.05, 0.1) is 6.61 Å². The number of nitrogens with zero attached hydrogens (tertiary/aromatic N) is 1. The molecule has 3 N–H and O–H groups in total. The van der Waals surface area contributed by atoms with E-state index in [1.54, 1.807) is 0 Å². The molecule has 0 radical (unpaired) electrons. The molecule has 0 amide bonds. The van der Waals surface area contributed by atoms with Crippen LogP contribution in [0.4, 0.5) is 0 Å². The van der Waals surface area contributed by atoms with E-state index < -0.39 is 0 Å². The molecule has 2 fully saturated rings. The summed E-state index contributed by atoms with van der Waals surface area (Å²) < 4.78 is 5.65. The molecule has 0 bridgehead atoms. The van der Waals surface area contributed by atoms with Gasteiger partial charge in [0.2, 0.25) is 0 Å². The fourth-order valence-electron chi connectivity index (χ4n) is 3.72. The number of ether oxygens (including phenoxy) is 1. The normalized spacial score (nSPS) is 31.2. The highest BCUT2D eigenvalue weighted by atomic mass is 16.5. The van der Waals surface area contributed by atoms with Crippen LogP contribution in [-0.4, -0.2) is 42.8 Å². The topological polar surface area (TPSA) is 50.5 Å². The lowest BCUT2D eigenvalue weighted by Gasteiger charge is -2.48. The minimum absolute atomic E-state index is 0.163. The van der Waals surface area contributed by atoms with Crippen molar-refractivity contribution in [3.63, 3.8) is 0 Å². The fraction of sp³-hybridized carbons (Fsp3) is 1.00. The van der Waals surface area contributed by atoms with E-state index in [0.29, 0.717) is 12.0 Å². The van der Waals surface area contributed by atoms with Gasteiger partial charge in [0.15, 0.2) is 0 Å². The number of hydrogen-bond donors (Lipinski definition) is 2. The maximum Gasteiger partial charge on any atom is 0.0510 e. The summed E-state index contributed by atoms with van der Waals surface area (Å²) in [6, 6.07) is 0.334. The summed E-state index contributed by atoms with van der Waals surface area (Å²) in [5.74, 6) is 6.45. The Hall–Kier alpha value is -0.160. The average molecular weight is 255 g/mol. The van der Waals surface area contributed by atoms with E-state index >= 15 is 0 Å². The number of nitrogens with two attached hydrogens (primary N) is 1. The van der Waals surface area contributed by atoms with Gasteiger partial charge < -0.3 is 4.74 Å². The Balaban J connectivity index is 2.10. The molecule has 4 nitrogen and oxygen atoms in total. The smallest absolute Gasteiger partial charge is 0.0510 e. The van der Waals surface area contributed by atoms with E-state index in [1.807, 2.05) is 0 Å². The third-order valence-electron chi connectivity index (χ3n) is 5.06. The van der Waals surface area contributed by atoms with Gasteiger partial charge in [0.1, 0.15) is 0 Å². The maximum absolute atomic E-state index is 5.90. The van der Waals surface area contributed by atoms with Crippen molar-refractivity contribution in [2.75, 3.05) is 26.3 Å². The molecular weight excluding hydrogens is 226 g/mol. The number of nitrogens with one attached hydrogen (secondary N) is 1. The predicted molar refractivity (Wildman–Crippen MR) is 74.2 cm³/mol. The number of hydrazine groups is 1. The van der Waals surface area contributed by atoms with Gasteiger partial charge >= 0.3 is 0 Å². The first-order valence-electron chi connectivity index (χ1n) is 7.51. The zero-order valence-corrected chi connectivity index (χ0v) is 12.0. The molecule has 0 spiro atoms. The predicted octanol–water partition coefficient (Wildman–Crippen LogP) is 1.51. The molecule has 2 heterocycles. The summed E-state index contributed by atoms with van der Waals surface area (Å²) >= 11 is 0. The monoisotopic (exact) mass is 255 g/mol. The summed E-state index contributed by atoms with van der Waals surface area (Å²) in [4.78, 5) is 2.63. The van der Waals surface area contributed by atoms with Crippen LogP contribution in [-0.2, 0) is 4.74 Å². The Bertz CT molecular complexity index is 249. The first kappa shape index (κ1) is 14.3. The van der Waals surface area contributed by atoms with Crippen LogP contribution in [0.1, 0.15) is 46.0 Å². The largest absolute Gasteiger partial charge is 0.381 e. The second-order valence-electron chi connectivity index (χ2n) is 6.03. The first-order chi connectivity index (χ1) is 8.72. The zero-order chi connectivity index (χ0) is 13.0. The number of rotatable bonds is 5. The van der Waals surface area contributed by atoms with Crippen molar-refractivity contribution in [1.29, 1.82) is 0 Å². The van der Waals surface area contributed by atoms with Crippen molar-refractivity contribution in [2.45, 2.75) is 57.5 Å². The van der Waals surface area contributed by atoms with E-state index in [4.69, 9.17) is 10.6 Å². The SMILES string of the molecule is CCC(C)(C(NN)C1CCCOC1)N1CCCC1. The third kappa shape index (κ3) is 2.72. The van der Waals surface area contributed by atoms with Crippen LogP contribution in [0.3, 0.4) is 0 Å². The van der Waals surface area contributed by atoms with Crippen LogP contribution < -0.4 is 11.3 Å². The minimum Gasteiger partial charge on any atom is -0.381 e. The zero-order valence-electron chi connectivity index (χ0n) is 12.0. The number of likely N-dealkylation sites (tertiary alicyclic amines) is 1. The highest BCUT2D eigenvalue weighted by Crippen LogP contribution is 2.33. The van der Waals surface area contributed by atoms with Crippen molar-refractivity contribution < 1.29 is 4.74 Å². The van der Waals surface area contributed by atoms with Gasteiger partial charge in [-0.1, -0.05) is 6.92 Å². The summed E-state index contributed by atoms with van der Waals surface area (Å²) in [5.41, 5.74) is 3.28. The lowest BCUT2D eigenvalue weighted by atomic mass is 9.78. The molecule has 0 aromatic heterocycles. The minimum atomic E-state index is 0.163. The Labute approximate surface area is 111 Å². The molecule has 4 heteroatoms. The Morgan fingerprint density at radius 1 is 1.39 bits per heavy atom. The van der Waals surface area contributed by atoms with Crippen molar-refractivity contribution in [1.82, 2.24) is 10.3 Å². The van der Waals surface area contributed by atoms with Gasteiger partial charge in [-0.2, -0.15) is 0 Å². The molecule has 2 aliphatic rings. The lowest BCUT2D eigenvalue weighted by Crippen LogP contribution is -2.63. The molecule has 18 heavy (non-hydrogen) atoms. The molecule has 0 saturated carbocycles. The molecule has 2 rings (SSSR count). The van der Waals surface area contributed by atoms with Crippen LogP contribution in [0.5, 0.6) is 0 Å². The molecular formula is C14H29N3O. The Morgan fingerprint density at radius 3 is 2.61 bits per heavy atom. The van der Waals surface area contributed by atoms with E-state index in [-0.39, 0.29) is 5.54 Å². The second kappa shape index (κ2) is 6.33. The van der Waals surface area contributed by atoms with E-state index in [2.05, 4.69) is 24.2 Å². The highest BCUT2D eigenvalue weighted by Gasteiger charge is 2.43. The molecule has 0 aromatic carbocycles. The summed E-state index contributed by atoms with van der Waals surface area (Å²) in [7, 11) is 0. The van der Waals surface area contributed by atoms with Gasteiger partial charge in [0, 0.05) is 24.1 Å². The van der Waals surface area contributed by atoms with Gasteiger partial charge in [-0.15, -0.1) is 0 Å². The molecule has 2 saturated heterocycles. The second-order valence-corrected chi connectivity index (χ2v) is 6.03. The Kier molecular flexibility index (Phi) is 5.01. The summed E-state index contributed by atoms with van der Waals surface area (Å²) in [6.45, 7) is 8.87. The molecule has 0 aromatic rings. The van der Waals surface area contributed by atoms with Gasteiger partial charge in [-0.3, -0.25) is 16.2 Å². The highest BCUT2D eigenvalue weighted by molar-refractivity contribution is 5.00. The van der Waals surface area contributed by atoms with Crippen LogP contribution >= 0.6 is 0 Å². The standard InChI is InChI=1S/C14H29N3O/c1-3-14(2,17-8-4-5-9-17)13(16-15)12-7-6-10-18-11-12/h12-13,16H,3-11,15H2,1-2H3. The summed E-state index contributed by atoms with van der Waals surface area (Å²) in [6.07, 6.45) is 6.20. The quantitative estimate of drug-likeness (QED) is 0.577. The van der Waals surface area contributed by atoms with Crippen LogP contribution in [0.15, 0.2) is 0 Å². The average Bonchev–Trinajstić information content (AvgIpc) is 2.95. The van der Waals surface area contributed by atoms with Crippen LogP contribution in [0.2, 0.25) is 0 Å². The summed E-state index contributed by atoms with van der Waals surface area (Å²) in [5, 5.41) is 0. The molecule has 3 unspecified atom stereocenters. The van der Waals surface area contributed by atoms with Crippen molar-refractivity contribution in [2.24, 2.45) is 11.8 Å². The maximum atomic E-state index is 5.90. The fourth-order valence-corrected chi connectivity index (χ4v) is 3.72. The van der Waals surface area contributed by atoms with Crippen LogP contribution in [0.25, 0.3) is 0 Å². The van der Waals surface area contributed by atoms with Gasteiger partial charge in [-0.25, -0.2) is 0 Å². The van der Waals surface area contributed by atoms with E-state index in [1.165, 1.54) is 38.8 Å². The molecule has 106 valence electrons. The Morgan fingerprint density at radius 2 is 2.11 bits per heavy atom.